The molecule has 0 aliphatic carbocycles. The van der Waals surface area contributed by atoms with Crippen LogP contribution in [0.5, 0.6) is 0 Å². The molecule has 0 bridgehead atoms. The first-order valence-electron chi connectivity index (χ1n) is 14.2. The number of aliphatic carboxylic acids is 1. The zero-order valence-corrected chi connectivity index (χ0v) is 24.4. The molecule has 0 unspecified atom stereocenters. The van der Waals surface area contributed by atoms with Crippen molar-refractivity contribution in [2.45, 2.75) is 95.0 Å². The van der Waals surface area contributed by atoms with E-state index in [2.05, 4.69) is 10.6 Å². The van der Waals surface area contributed by atoms with Gasteiger partial charge in [-0.15, -0.1) is 11.8 Å². The maximum absolute atomic E-state index is 13.2. The predicted molar refractivity (Wildman–Crippen MR) is 149 cm³/mol. The number of carbonyl (C=O) groups is 4. The molecule has 40 heavy (non-hydrogen) atoms. The van der Waals surface area contributed by atoms with Crippen molar-refractivity contribution >= 4 is 35.5 Å². The van der Waals surface area contributed by atoms with Gasteiger partial charge in [0.15, 0.2) is 0 Å². The lowest BCUT2D eigenvalue weighted by molar-refractivity contribution is -0.163. The normalized spacial score (nSPS) is 32.2. The molecule has 0 saturated carbocycles. The van der Waals surface area contributed by atoms with Crippen LogP contribution in [0.15, 0.2) is 10.6 Å². The van der Waals surface area contributed by atoms with Crippen LogP contribution in [-0.2, 0) is 19.2 Å². The fraction of sp³-hybridized carbons (Fsp3) is 0.778. The Hall–Kier alpha value is -2.19. The fourth-order valence-corrected chi connectivity index (χ4v) is 7.95. The number of hydrogen-bond donors (Lipinski definition) is 6. The molecule has 3 amide bonds. The first-order chi connectivity index (χ1) is 18.8. The van der Waals surface area contributed by atoms with Crippen LogP contribution in [0, 0.1) is 17.8 Å². The van der Waals surface area contributed by atoms with Gasteiger partial charge in [-0.05, 0) is 32.1 Å². The second-order valence-corrected chi connectivity index (χ2v) is 13.5. The van der Waals surface area contributed by atoms with Crippen LogP contribution >= 0.6 is 11.8 Å². The third-order valence-electron chi connectivity index (χ3n) is 8.49. The van der Waals surface area contributed by atoms with Gasteiger partial charge in [-0.2, -0.15) is 0 Å². The van der Waals surface area contributed by atoms with Gasteiger partial charge in [0.05, 0.1) is 36.6 Å². The van der Waals surface area contributed by atoms with E-state index < -0.39 is 36.2 Å². The van der Waals surface area contributed by atoms with E-state index in [-0.39, 0.29) is 53.1 Å². The van der Waals surface area contributed by atoms with Crippen molar-refractivity contribution in [1.29, 1.82) is 0 Å². The summed E-state index contributed by atoms with van der Waals surface area (Å²) in [5.41, 5.74) is 5.98. The maximum Gasteiger partial charge on any atom is 0.353 e. The van der Waals surface area contributed by atoms with Crippen molar-refractivity contribution < 1.29 is 34.5 Å². The number of likely N-dealkylation sites (tertiary alicyclic amines) is 1. The third-order valence-corrected chi connectivity index (χ3v) is 10.0. The minimum Gasteiger partial charge on any atom is -0.477 e. The van der Waals surface area contributed by atoms with Gasteiger partial charge in [0.1, 0.15) is 5.70 Å². The minimum atomic E-state index is -1.16. The molecule has 0 radical (unpaired) electrons. The Kier molecular flexibility index (Phi) is 9.50. The molecule has 0 spiro atoms. The van der Waals surface area contributed by atoms with Crippen LogP contribution in [0.2, 0.25) is 0 Å². The average molecular weight is 582 g/mol. The van der Waals surface area contributed by atoms with E-state index in [1.54, 1.807) is 11.8 Å². The molecule has 0 aromatic heterocycles. The number of nitrogens with two attached hydrogens (primary N) is 1. The van der Waals surface area contributed by atoms with Crippen molar-refractivity contribution in [3.05, 3.63) is 10.6 Å². The van der Waals surface area contributed by atoms with Gasteiger partial charge in [0.25, 0.3) is 0 Å². The van der Waals surface area contributed by atoms with Crippen LogP contribution in [0.25, 0.3) is 0 Å². The summed E-state index contributed by atoms with van der Waals surface area (Å²) in [5.74, 6) is -2.36. The van der Waals surface area contributed by atoms with Crippen LogP contribution in [0.4, 0.5) is 0 Å². The number of nitrogens with zero attached hydrogens (tertiary/aromatic N) is 2. The van der Waals surface area contributed by atoms with Gasteiger partial charge in [-0.25, -0.2) is 4.79 Å². The van der Waals surface area contributed by atoms with E-state index in [0.717, 1.165) is 0 Å². The van der Waals surface area contributed by atoms with Crippen molar-refractivity contribution in [1.82, 2.24) is 20.4 Å². The number of carboxylic acid groups (broad SMARTS) is 1. The zero-order valence-electron chi connectivity index (χ0n) is 23.6. The summed E-state index contributed by atoms with van der Waals surface area (Å²) in [4.78, 5) is 54.0. The number of aliphatic hydroxyl groups excluding tert-OH is 2. The molecule has 0 aromatic carbocycles. The summed E-state index contributed by atoms with van der Waals surface area (Å²) in [6.45, 7) is 8.88. The molecule has 13 heteroatoms. The SMILES string of the molecule is CC(C)C[C@H](N)[C@@H](O)CC(=O)N[C@H]1CCN(C(=O)[C@@H]2C[C@H](SC3=C(C(=O)O)N4C(=O)[C@H]([C@@H](C)O)[C@H]4[C@H]3C)CN2)C1. The van der Waals surface area contributed by atoms with Gasteiger partial charge in [-0.1, -0.05) is 20.8 Å². The molecule has 7 N–H and O–H groups in total. The molecule has 9 atom stereocenters. The number of thioether (sulfide) groups is 1. The number of rotatable bonds is 11. The van der Waals surface area contributed by atoms with Crippen LogP contribution < -0.4 is 16.4 Å². The van der Waals surface area contributed by atoms with E-state index in [4.69, 9.17) is 5.73 Å². The van der Waals surface area contributed by atoms with Crippen molar-refractivity contribution in [2.24, 2.45) is 23.5 Å². The highest BCUT2D eigenvalue weighted by molar-refractivity contribution is 8.03. The number of hydrogen-bond acceptors (Lipinski definition) is 9. The van der Waals surface area contributed by atoms with Gasteiger partial charge >= 0.3 is 5.97 Å². The molecular formula is C27H43N5O7S. The first kappa shape index (κ1) is 30.8. The smallest absolute Gasteiger partial charge is 0.353 e. The Labute approximate surface area is 239 Å². The first-order valence-corrected chi connectivity index (χ1v) is 15.1. The second-order valence-electron chi connectivity index (χ2n) is 12.1. The van der Waals surface area contributed by atoms with Gasteiger partial charge in [0.2, 0.25) is 17.7 Å². The number of carboxylic acids is 1. The van der Waals surface area contributed by atoms with Gasteiger partial charge in [-0.3, -0.25) is 14.4 Å². The van der Waals surface area contributed by atoms with E-state index in [1.165, 1.54) is 16.7 Å². The van der Waals surface area contributed by atoms with E-state index in [0.29, 0.717) is 49.7 Å². The van der Waals surface area contributed by atoms with Gasteiger partial charge in [0, 0.05) is 47.8 Å². The summed E-state index contributed by atoms with van der Waals surface area (Å²) in [7, 11) is 0. The standard InChI is InChI=1S/C27H43N5O7S/c1-12(2)7-17(28)19(34)9-20(35)30-15-5-6-31(11-15)25(36)18-8-16(10-29-18)40-24-13(3)22-21(14(4)33)26(37)32(22)23(24)27(38)39/h12-19,21-22,29,33-34H,5-11,28H2,1-4H3,(H,30,35)(H,38,39)/t13-,14-,15+,16+,17+,18+,19+,21-,22-/m1/s1. The molecule has 224 valence electrons. The number of aliphatic hydroxyl groups is 2. The van der Waals surface area contributed by atoms with Crippen LogP contribution in [0.3, 0.4) is 0 Å². The molecule has 4 aliphatic rings. The van der Waals surface area contributed by atoms with Crippen molar-refractivity contribution in [3.63, 3.8) is 0 Å². The van der Waals surface area contributed by atoms with Crippen molar-refractivity contribution in [2.75, 3.05) is 19.6 Å². The summed E-state index contributed by atoms with van der Waals surface area (Å²) >= 11 is 1.41. The number of carbonyl (C=O) groups excluding carboxylic acids is 3. The average Bonchev–Trinajstić information content (AvgIpc) is 3.56. The molecule has 4 heterocycles. The second kappa shape index (κ2) is 12.4. The predicted octanol–water partition coefficient (Wildman–Crippen LogP) is -0.555. The highest BCUT2D eigenvalue weighted by Crippen LogP contribution is 2.51. The summed E-state index contributed by atoms with van der Waals surface area (Å²) in [6.07, 6.45) is -0.0816. The maximum atomic E-state index is 13.2. The summed E-state index contributed by atoms with van der Waals surface area (Å²) in [6, 6.07) is -1.44. The molecule has 4 aliphatic heterocycles. The summed E-state index contributed by atoms with van der Waals surface area (Å²) < 4.78 is 0. The molecule has 0 aromatic rings. The third kappa shape index (κ3) is 6.18. The Balaban J connectivity index is 1.28. The van der Waals surface area contributed by atoms with Crippen molar-refractivity contribution in [3.8, 4) is 0 Å². The number of β-lactam (4-membered cyclic amide) rings is 1. The topological polar surface area (TPSA) is 186 Å². The lowest BCUT2D eigenvalue weighted by atomic mass is 9.79. The molecule has 3 fully saturated rings. The van der Waals surface area contributed by atoms with E-state index in [1.807, 2.05) is 20.8 Å². The van der Waals surface area contributed by atoms with Crippen LogP contribution in [0.1, 0.15) is 53.4 Å². The monoisotopic (exact) mass is 581 g/mol. The fourth-order valence-electron chi connectivity index (χ4n) is 6.47. The lowest BCUT2D eigenvalue weighted by Gasteiger charge is -2.46. The van der Waals surface area contributed by atoms with Gasteiger partial charge < -0.3 is 41.5 Å². The Morgan fingerprint density at radius 2 is 1.93 bits per heavy atom. The summed E-state index contributed by atoms with van der Waals surface area (Å²) in [5, 5.41) is 36.3. The lowest BCUT2D eigenvalue weighted by Crippen LogP contribution is -2.63. The highest BCUT2D eigenvalue weighted by atomic mass is 32.2. The van der Waals surface area contributed by atoms with E-state index >= 15 is 0 Å². The zero-order chi connectivity index (χ0) is 29.5. The number of nitrogens with one attached hydrogen (secondary N) is 2. The molecule has 4 rings (SSSR count). The van der Waals surface area contributed by atoms with Crippen LogP contribution in [-0.4, -0.2) is 110 Å². The Bertz CT molecular complexity index is 1050. The number of fused-ring (bicyclic) bond motifs is 1. The Morgan fingerprint density at radius 1 is 1.23 bits per heavy atom. The quantitative estimate of drug-likeness (QED) is 0.173. The Morgan fingerprint density at radius 3 is 2.55 bits per heavy atom. The largest absolute Gasteiger partial charge is 0.477 e. The molecule has 3 saturated heterocycles. The highest BCUT2D eigenvalue weighted by Gasteiger charge is 2.60. The van der Waals surface area contributed by atoms with E-state index in [9.17, 15) is 34.5 Å². The number of amides is 3. The molecule has 12 nitrogen and oxygen atoms in total. The molecular weight excluding hydrogens is 538 g/mol. The minimum absolute atomic E-state index is 0.00687.